The van der Waals surface area contributed by atoms with Crippen molar-refractivity contribution < 1.29 is 23.8 Å². The SMILES string of the molecule is O=C(CCl)OCCC1OC2(OC1=O)C1CC3CC(C1)CC2C3. The first-order chi connectivity index (χ1) is 10.6. The topological polar surface area (TPSA) is 61.8 Å². The fraction of sp³-hybridized carbons (Fsp3) is 0.875. The van der Waals surface area contributed by atoms with Gasteiger partial charge in [-0.05, 0) is 43.9 Å². The van der Waals surface area contributed by atoms with Crippen molar-refractivity contribution >= 4 is 23.5 Å². The predicted octanol–water partition coefficient (Wildman–Crippen LogP) is 2.25. The van der Waals surface area contributed by atoms with Gasteiger partial charge in [-0.3, -0.25) is 4.79 Å². The predicted molar refractivity (Wildman–Crippen MR) is 77.0 cm³/mol. The summed E-state index contributed by atoms with van der Waals surface area (Å²) in [4.78, 5) is 23.3. The average molecular weight is 329 g/mol. The van der Waals surface area contributed by atoms with Gasteiger partial charge < -0.3 is 14.2 Å². The highest BCUT2D eigenvalue weighted by Gasteiger charge is 2.64. The Balaban J connectivity index is 1.42. The molecular formula is C16H21ClO5. The molecule has 5 rings (SSSR count). The maximum Gasteiger partial charge on any atom is 0.338 e. The molecule has 1 saturated heterocycles. The molecule has 22 heavy (non-hydrogen) atoms. The third kappa shape index (κ3) is 2.24. The summed E-state index contributed by atoms with van der Waals surface area (Å²) < 4.78 is 16.9. The molecule has 0 aromatic heterocycles. The van der Waals surface area contributed by atoms with Gasteiger partial charge in [0.25, 0.3) is 0 Å². The summed E-state index contributed by atoms with van der Waals surface area (Å²) >= 11 is 5.38. The number of rotatable bonds is 4. The molecular weight excluding hydrogens is 308 g/mol. The molecule has 0 aromatic rings. The van der Waals surface area contributed by atoms with Crippen LogP contribution in [0.25, 0.3) is 0 Å². The van der Waals surface area contributed by atoms with Crippen molar-refractivity contribution in [2.45, 2.75) is 50.4 Å². The molecule has 5 nitrogen and oxygen atoms in total. The van der Waals surface area contributed by atoms with Gasteiger partial charge in [-0.1, -0.05) is 0 Å². The van der Waals surface area contributed by atoms with Crippen LogP contribution in [0.1, 0.15) is 38.5 Å². The summed E-state index contributed by atoms with van der Waals surface area (Å²) in [6.07, 6.45) is 5.55. The Labute approximate surface area is 134 Å². The minimum atomic E-state index is -0.689. The summed E-state index contributed by atoms with van der Waals surface area (Å²) in [7, 11) is 0. The van der Waals surface area contributed by atoms with Crippen molar-refractivity contribution in [3.8, 4) is 0 Å². The fourth-order valence-corrected chi connectivity index (χ4v) is 5.29. The normalized spacial score (nSPS) is 45.3. The monoisotopic (exact) mass is 328 g/mol. The Bertz CT molecular complexity index is 463. The van der Waals surface area contributed by atoms with Gasteiger partial charge in [0.1, 0.15) is 5.88 Å². The number of alkyl halides is 1. The molecule has 1 unspecified atom stereocenters. The second kappa shape index (κ2) is 5.38. The maximum atomic E-state index is 12.2. The first-order valence-electron chi connectivity index (χ1n) is 8.23. The molecule has 0 N–H and O–H groups in total. The van der Waals surface area contributed by atoms with E-state index >= 15 is 0 Å². The van der Waals surface area contributed by atoms with E-state index in [1.807, 2.05) is 0 Å². The van der Waals surface area contributed by atoms with Crippen LogP contribution in [0.15, 0.2) is 0 Å². The van der Waals surface area contributed by atoms with Crippen molar-refractivity contribution in [1.82, 2.24) is 0 Å². The molecule has 1 spiro atoms. The van der Waals surface area contributed by atoms with Gasteiger partial charge in [-0.25, -0.2) is 4.79 Å². The number of ether oxygens (including phenoxy) is 3. The van der Waals surface area contributed by atoms with Crippen LogP contribution in [0, 0.1) is 23.7 Å². The van der Waals surface area contributed by atoms with Crippen LogP contribution in [0.3, 0.4) is 0 Å². The Morgan fingerprint density at radius 3 is 2.41 bits per heavy atom. The minimum Gasteiger partial charge on any atom is -0.465 e. The van der Waals surface area contributed by atoms with Crippen molar-refractivity contribution in [3.05, 3.63) is 0 Å². The van der Waals surface area contributed by atoms with Crippen molar-refractivity contribution in [3.63, 3.8) is 0 Å². The molecule has 0 radical (unpaired) electrons. The molecule has 5 fully saturated rings. The van der Waals surface area contributed by atoms with E-state index in [1.165, 1.54) is 6.42 Å². The summed E-state index contributed by atoms with van der Waals surface area (Å²) in [5, 5.41) is 0. The summed E-state index contributed by atoms with van der Waals surface area (Å²) in [6.45, 7) is 0.141. The first-order valence-corrected chi connectivity index (χ1v) is 8.76. The second-order valence-electron chi connectivity index (χ2n) is 7.20. The van der Waals surface area contributed by atoms with Crippen LogP contribution in [0.5, 0.6) is 0 Å². The highest BCUT2D eigenvalue weighted by Crippen LogP contribution is 2.61. The molecule has 4 saturated carbocycles. The molecule has 0 amide bonds. The van der Waals surface area contributed by atoms with Gasteiger partial charge in [0, 0.05) is 18.3 Å². The number of esters is 2. The van der Waals surface area contributed by atoms with Crippen LogP contribution in [-0.4, -0.2) is 36.3 Å². The van der Waals surface area contributed by atoms with Crippen molar-refractivity contribution in [2.24, 2.45) is 23.7 Å². The van der Waals surface area contributed by atoms with E-state index in [2.05, 4.69) is 0 Å². The number of hydrogen-bond acceptors (Lipinski definition) is 5. The fourth-order valence-electron chi connectivity index (χ4n) is 5.21. The van der Waals surface area contributed by atoms with Gasteiger partial charge in [-0.15, -0.1) is 11.6 Å². The van der Waals surface area contributed by atoms with E-state index in [-0.39, 0.29) is 18.5 Å². The van der Waals surface area contributed by atoms with Crippen molar-refractivity contribution in [1.29, 1.82) is 0 Å². The number of halogens is 1. The second-order valence-corrected chi connectivity index (χ2v) is 7.46. The lowest BCUT2D eigenvalue weighted by atomic mass is 9.53. The largest absolute Gasteiger partial charge is 0.465 e. The highest BCUT2D eigenvalue weighted by molar-refractivity contribution is 6.26. The lowest BCUT2D eigenvalue weighted by molar-refractivity contribution is -0.291. The van der Waals surface area contributed by atoms with Crippen molar-refractivity contribution in [2.75, 3.05) is 12.5 Å². The van der Waals surface area contributed by atoms with E-state index in [4.69, 9.17) is 25.8 Å². The Morgan fingerprint density at radius 1 is 1.18 bits per heavy atom. The van der Waals surface area contributed by atoms with Gasteiger partial charge in [0.15, 0.2) is 6.10 Å². The van der Waals surface area contributed by atoms with Crippen LogP contribution in [0.2, 0.25) is 0 Å². The molecule has 0 aromatic carbocycles. The van der Waals surface area contributed by atoms with E-state index in [1.54, 1.807) is 0 Å². The quantitative estimate of drug-likeness (QED) is 0.585. The minimum absolute atomic E-state index is 0.141. The van der Waals surface area contributed by atoms with Gasteiger partial charge >= 0.3 is 11.9 Å². The third-order valence-corrected chi connectivity index (χ3v) is 6.10. The van der Waals surface area contributed by atoms with E-state index in [0.717, 1.165) is 37.5 Å². The lowest BCUT2D eigenvalue weighted by Gasteiger charge is -2.57. The maximum absolute atomic E-state index is 12.2. The van der Waals surface area contributed by atoms with E-state index in [0.29, 0.717) is 18.3 Å². The van der Waals surface area contributed by atoms with Crippen LogP contribution < -0.4 is 0 Å². The smallest absolute Gasteiger partial charge is 0.338 e. The first kappa shape index (κ1) is 14.8. The number of carbonyl (C=O) groups excluding carboxylic acids is 2. The standard InChI is InChI=1S/C16H21ClO5/c17-8-14(18)20-2-1-13-15(19)22-16(21-13)11-4-9-3-10(6-11)7-12(16)5-9/h9-13H,1-8H2. The molecule has 4 bridgehead atoms. The zero-order valence-corrected chi connectivity index (χ0v) is 13.2. The molecule has 4 aliphatic carbocycles. The van der Waals surface area contributed by atoms with Crippen LogP contribution in [-0.2, 0) is 23.8 Å². The molecule has 1 heterocycles. The van der Waals surface area contributed by atoms with E-state index < -0.39 is 17.9 Å². The zero-order chi connectivity index (χ0) is 15.3. The Kier molecular flexibility index (Phi) is 3.61. The molecule has 122 valence electrons. The Hall–Kier alpha value is -0.810. The van der Waals surface area contributed by atoms with Gasteiger partial charge in [0.2, 0.25) is 5.79 Å². The Morgan fingerprint density at radius 2 is 1.82 bits per heavy atom. The van der Waals surface area contributed by atoms with Gasteiger partial charge in [0.05, 0.1) is 6.61 Å². The molecule has 1 aliphatic heterocycles. The molecule has 6 heteroatoms. The lowest BCUT2D eigenvalue weighted by Crippen LogP contribution is -2.58. The number of hydrogen-bond donors (Lipinski definition) is 0. The van der Waals surface area contributed by atoms with E-state index in [9.17, 15) is 9.59 Å². The highest BCUT2D eigenvalue weighted by atomic mass is 35.5. The molecule has 5 aliphatic rings. The summed E-state index contributed by atoms with van der Waals surface area (Å²) in [6, 6.07) is 0. The van der Waals surface area contributed by atoms with Gasteiger partial charge in [-0.2, -0.15) is 0 Å². The third-order valence-electron chi connectivity index (χ3n) is 5.88. The summed E-state index contributed by atoms with van der Waals surface area (Å²) in [5.74, 6) is 0.648. The summed E-state index contributed by atoms with van der Waals surface area (Å²) in [5.41, 5.74) is 0. The zero-order valence-electron chi connectivity index (χ0n) is 12.5. The number of carbonyl (C=O) groups is 2. The average Bonchev–Trinajstić information content (AvgIpc) is 2.82. The van der Waals surface area contributed by atoms with Crippen LogP contribution in [0.4, 0.5) is 0 Å². The van der Waals surface area contributed by atoms with Crippen LogP contribution >= 0.6 is 11.6 Å². The molecule has 1 atom stereocenters.